The molecule has 2 aliphatic rings. The van der Waals surface area contributed by atoms with Crippen molar-refractivity contribution in [1.82, 2.24) is 10.1 Å². The molecule has 8 nitrogen and oxygen atoms in total. The summed E-state index contributed by atoms with van der Waals surface area (Å²) in [4.78, 5) is 16.5. The van der Waals surface area contributed by atoms with Gasteiger partial charge >= 0.3 is 5.97 Å². The van der Waals surface area contributed by atoms with Crippen LogP contribution in [0.1, 0.15) is 46.0 Å². The second kappa shape index (κ2) is 10.2. The third-order valence-electron chi connectivity index (χ3n) is 7.06. The molecule has 0 bridgehead atoms. The van der Waals surface area contributed by atoms with E-state index in [4.69, 9.17) is 49.2 Å². The molecule has 0 unspecified atom stereocenters. The van der Waals surface area contributed by atoms with Crippen LogP contribution in [-0.2, 0) is 12.2 Å². The number of aromatic carboxylic acids is 1. The van der Waals surface area contributed by atoms with Crippen LogP contribution in [-0.4, -0.2) is 39.4 Å². The molecule has 2 fully saturated rings. The standard InChI is InChI=1S/C28H21Cl3FN3O5/c29-19-2-1-3-20(30)23(19)24-17(25(40-34-24)14-4-5-14)11-39-16-6-7-18(21(31)9-16)28(38)12-35(13-28)26-22(32)8-15(10-33-26)27(36)37/h1-3,6-10,14,38H,4-5,11-13H2,(H,36,37). The number of benzene rings is 2. The van der Waals surface area contributed by atoms with E-state index in [2.05, 4.69) is 10.1 Å². The molecular weight excluding hydrogens is 584 g/mol. The molecule has 40 heavy (non-hydrogen) atoms. The number of carboxylic acid groups (broad SMARTS) is 1. The molecule has 1 aliphatic heterocycles. The zero-order valence-electron chi connectivity index (χ0n) is 20.7. The number of pyridine rings is 1. The van der Waals surface area contributed by atoms with E-state index < -0.39 is 17.4 Å². The number of ether oxygens (including phenoxy) is 1. The molecule has 3 heterocycles. The Morgan fingerprint density at radius 2 is 1.85 bits per heavy atom. The fourth-order valence-corrected chi connectivity index (χ4v) is 5.78. The van der Waals surface area contributed by atoms with E-state index >= 15 is 0 Å². The Kier molecular flexibility index (Phi) is 6.86. The van der Waals surface area contributed by atoms with Gasteiger partial charge in [0.1, 0.15) is 29.4 Å². The van der Waals surface area contributed by atoms with Gasteiger partial charge in [0, 0.05) is 23.2 Å². The summed E-state index contributed by atoms with van der Waals surface area (Å²) in [6.07, 6.45) is 3.07. The second-order valence-electron chi connectivity index (χ2n) is 9.90. The zero-order chi connectivity index (χ0) is 28.2. The average molecular weight is 605 g/mol. The highest BCUT2D eigenvalue weighted by atomic mass is 35.5. The van der Waals surface area contributed by atoms with Gasteiger partial charge in [0.2, 0.25) is 0 Å². The molecule has 2 N–H and O–H groups in total. The van der Waals surface area contributed by atoms with Crippen molar-refractivity contribution in [2.24, 2.45) is 0 Å². The number of aliphatic hydroxyl groups is 1. The van der Waals surface area contributed by atoms with Crippen LogP contribution in [0.5, 0.6) is 5.75 Å². The number of carboxylic acids is 1. The molecule has 12 heteroatoms. The van der Waals surface area contributed by atoms with Crippen LogP contribution >= 0.6 is 34.8 Å². The summed E-state index contributed by atoms with van der Waals surface area (Å²) in [6, 6.07) is 11.1. The predicted octanol–water partition coefficient (Wildman–Crippen LogP) is 6.70. The van der Waals surface area contributed by atoms with Crippen molar-refractivity contribution in [3.63, 3.8) is 0 Å². The van der Waals surface area contributed by atoms with Gasteiger partial charge in [0.05, 0.1) is 39.3 Å². The minimum absolute atomic E-state index is 0.0245. The first-order chi connectivity index (χ1) is 19.1. The monoisotopic (exact) mass is 603 g/mol. The number of anilines is 1. The summed E-state index contributed by atoms with van der Waals surface area (Å²) in [6.45, 7) is 0.185. The number of aromatic nitrogens is 2. The van der Waals surface area contributed by atoms with Crippen LogP contribution in [0, 0.1) is 5.82 Å². The van der Waals surface area contributed by atoms with Crippen molar-refractivity contribution in [1.29, 1.82) is 0 Å². The first kappa shape index (κ1) is 26.8. The molecule has 206 valence electrons. The first-order valence-corrected chi connectivity index (χ1v) is 13.5. The predicted molar refractivity (Wildman–Crippen MR) is 147 cm³/mol. The molecule has 6 rings (SSSR count). The Morgan fingerprint density at radius 1 is 1.12 bits per heavy atom. The highest BCUT2D eigenvalue weighted by molar-refractivity contribution is 6.39. The van der Waals surface area contributed by atoms with Gasteiger partial charge in [0.25, 0.3) is 0 Å². The Hall–Kier alpha value is -3.37. The van der Waals surface area contributed by atoms with Crippen LogP contribution in [0.25, 0.3) is 11.3 Å². The number of hydrogen-bond acceptors (Lipinski definition) is 7. The molecular formula is C28H21Cl3FN3O5. The average Bonchev–Trinajstić information content (AvgIpc) is 3.66. The lowest BCUT2D eigenvalue weighted by Crippen LogP contribution is -2.60. The zero-order valence-corrected chi connectivity index (χ0v) is 23.0. The fraction of sp³-hybridized carbons (Fsp3) is 0.250. The van der Waals surface area contributed by atoms with Crippen LogP contribution in [0.15, 0.2) is 53.2 Å². The van der Waals surface area contributed by atoms with E-state index in [9.17, 15) is 14.3 Å². The Morgan fingerprint density at radius 3 is 2.48 bits per heavy atom. The molecule has 2 aromatic carbocycles. The van der Waals surface area contributed by atoms with E-state index in [-0.39, 0.29) is 42.0 Å². The third-order valence-corrected chi connectivity index (χ3v) is 8.01. The molecule has 0 amide bonds. The van der Waals surface area contributed by atoms with E-state index in [0.717, 1.165) is 36.4 Å². The molecule has 2 aromatic heterocycles. The highest BCUT2D eigenvalue weighted by Gasteiger charge is 2.45. The molecule has 4 aromatic rings. The van der Waals surface area contributed by atoms with E-state index in [0.29, 0.717) is 32.6 Å². The van der Waals surface area contributed by atoms with Gasteiger partial charge in [-0.3, -0.25) is 0 Å². The summed E-state index contributed by atoms with van der Waals surface area (Å²) in [5, 5.41) is 25.6. The number of halogens is 4. The van der Waals surface area contributed by atoms with Gasteiger partial charge in [-0.2, -0.15) is 0 Å². The quantitative estimate of drug-likeness (QED) is 0.229. The number of rotatable bonds is 8. The number of nitrogens with zero attached hydrogens (tertiary/aromatic N) is 3. The maximum Gasteiger partial charge on any atom is 0.337 e. The lowest BCUT2D eigenvalue weighted by molar-refractivity contribution is 0.00670. The number of hydrogen-bond donors (Lipinski definition) is 2. The largest absolute Gasteiger partial charge is 0.489 e. The summed E-state index contributed by atoms with van der Waals surface area (Å²) in [5.74, 6) is -0.625. The normalized spacial score (nSPS) is 16.1. The number of β-amino-alcohol motifs (C(OH)–C–C–N with tert-alkyl or cyclic N) is 1. The van der Waals surface area contributed by atoms with Crippen molar-refractivity contribution in [3.05, 3.63) is 92.0 Å². The molecule has 0 spiro atoms. The molecule has 0 atom stereocenters. The van der Waals surface area contributed by atoms with E-state index in [1.807, 2.05) is 0 Å². The molecule has 1 saturated heterocycles. The maximum absolute atomic E-state index is 14.4. The van der Waals surface area contributed by atoms with Gasteiger partial charge < -0.3 is 24.4 Å². The molecule has 1 aliphatic carbocycles. The molecule has 0 radical (unpaired) electrons. The minimum atomic E-state index is -1.35. The number of carbonyl (C=O) groups is 1. The van der Waals surface area contributed by atoms with E-state index in [1.165, 1.54) is 4.90 Å². The van der Waals surface area contributed by atoms with Crippen molar-refractivity contribution in [2.75, 3.05) is 18.0 Å². The van der Waals surface area contributed by atoms with Crippen LogP contribution < -0.4 is 9.64 Å². The Labute approximate surface area is 242 Å². The van der Waals surface area contributed by atoms with Crippen LogP contribution in [0.2, 0.25) is 15.1 Å². The second-order valence-corrected chi connectivity index (χ2v) is 11.1. The highest BCUT2D eigenvalue weighted by Crippen LogP contribution is 2.46. The van der Waals surface area contributed by atoms with Gasteiger partial charge in [-0.1, -0.05) is 52.1 Å². The van der Waals surface area contributed by atoms with Crippen LogP contribution in [0.3, 0.4) is 0 Å². The summed E-state index contributed by atoms with van der Waals surface area (Å²) in [7, 11) is 0. The van der Waals surface area contributed by atoms with Crippen LogP contribution in [0.4, 0.5) is 10.2 Å². The topological polar surface area (TPSA) is 109 Å². The lowest BCUT2D eigenvalue weighted by atomic mass is 9.86. The van der Waals surface area contributed by atoms with Crippen molar-refractivity contribution in [3.8, 4) is 17.0 Å². The summed E-state index contributed by atoms with van der Waals surface area (Å²) in [5.41, 5.74) is 0.710. The smallest absolute Gasteiger partial charge is 0.337 e. The van der Waals surface area contributed by atoms with Crippen molar-refractivity contribution >= 4 is 46.6 Å². The minimum Gasteiger partial charge on any atom is -0.489 e. The maximum atomic E-state index is 14.4. The van der Waals surface area contributed by atoms with Crippen molar-refractivity contribution in [2.45, 2.75) is 31.0 Å². The first-order valence-electron chi connectivity index (χ1n) is 12.4. The summed E-state index contributed by atoms with van der Waals surface area (Å²) >= 11 is 19.4. The van der Waals surface area contributed by atoms with Crippen molar-refractivity contribution < 1.29 is 28.7 Å². The fourth-order valence-electron chi connectivity index (χ4n) is 4.85. The Bertz CT molecular complexity index is 1620. The lowest BCUT2D eigenvalue weighted by Gasteiger charge is -2.47. The van der Waals surface area contributed by atoms with Gasteiger partial charge in [-0.05, 0) is 43.2 Å². The van der Waals surface area contributed by atoms with E-state index in [1.54, 1.807) is 36.4 Å². The van der Waals surface area contributed by atoms with Gasteiger partial charge in [-0.25, -0.2) is 14.2 Å². The summed E-state index contributed by atoms with van der Waals surface area (Å²) < 4.78 is 26.2. The van der Waals surface area contributed by atoms with Gasteiger partial charge in [-0.15, -0.1) is 0 Å². The SMILES string of the molecule is O=C(O)c1cnc(N2CC(O)(c3ccc(OCc4c(-c5c(Cl)cccc5Cl)noc4C4CC4)cc3Cl)C2)c(F)c1. The van der Waals surface area contributed by atoms with Gasteiger partial charge in [0.15, 0.2) is 11.6 Å². The molecule has 1 saturated carbocycles. The Balaban J connectivity index is 1.19. The third kappa shape index (κ3) is 4.88.